The largest absolute Gasteiger partial charge is 0.447 e. The quantitative estimate of drug-likeness (QED) is 0.729. The minimum atomic E-state index is -0.321. The van der Waals surface area contributed by atoms with E-state index >= 15 is 0 Å². The molecule has 0 unspecified atom stereocenters. The number of oxazole rings is 1. The van der Waals surface area contributed by atoms with Crippen molar-refractivity contribution in [3.8, 4) is 0 Å². The Bertz CT molecular complexity index is 566. The van der Waals surface area contributed by atoms with Gasteiger partial charge in [0.05, 0.1) is 13.2 Å². The van der Waals surface area contributed by atoms with Gasteiger partial charge in [-0.2, -0.15) is 0 Å². The SMILES string of the molecule is NCc1nc(C(=O)NCc2cccc(CO)c2)co1. The lowest BCUT2D eigenvalue weighted by atomic mass is 10.1. The van der Waals surface area contributed by atoms with Crippen molar-refractivity contribution in [2.24, 2.45) is 5.73 Å². The van der Waals surface area contributed by atoms with Gasteiger partial charge >= 0.3 is 0 Å². The molecule has 0 saturated carbocycles. The van der Waals surface area contributed by atoms with Gasteiger partial charge in [0, 0.05) is 6.54 Å². The van der Waals surface area contributed by atoms with Gasteiger partial charge in [0.2, 0.25) is 5.89 Å². The number of nitrogens with zero attached hydrogens (tertiary/aromatic N) is 1. The van der Waals surface area contributed by atoms with E-state index < -0.39 is 0 Å². The number of carbonyl (C=O) groups is 1. The number of hydrogen-bond acceptors (Lipinski definition) is 5. The summed E-state index contributed by atoms with van der Waals surface area (Å²) in [7, 11) is 0. The van der Waals surface area contributed by atoms with Gasteiger partial charge in [0.25, 0.3) is 5.91 Å². The van der Waals surface area contributed by atoms with Gasteiger partial charge in [-0.05, 0) is 11.1 Å². The van der Waals surface area contributed by atoms with Crippen molar-refractivity contribution in [3.05, 3.63) is 53.2 Å². The first-order valence-corrected chi connectivity index (χ1v) is 5.84. The Morgan fingerprint density at radius 1 is 1.42 bits per heavy atom. The number of carbonyl (C=O) groups excluding carboxylic acids is 1. The van der Waals surface area contributed by atoms with Crippen LogP contribution in [0.5, 0.6) is 0 Å². The summed E-state index contributed by atoms with van der Waals surface area (Å²) in [6, 6.07) is 7.34. The summed E-state index contributed by atoms with van der Waals surface area (Å²) in [5.74, 6) is 0.00489. The molecule has 1 amide bonds. The monoisotopic (exact) mass is 261 g/mol. The second kappa shape index (κ2) is 6.12. The second-order valence-corrected chi connectivity index (χ2v) is 3.99. The van der Waals surface area contributed by atoms with Crippen molar-refractivity contribution in [3.63, 3.8) is 0 Å². The Morgan fingerprint density at radius 3 is 2.89 bits per heavy atom. The van der Waals surface area contributed by atoms with E-state index in [-0.39, 0.29) is 24.8 Å². The van der Waals surface area contributed by atoms with Gasteiger partial charge in [-0.15, -0.1) is 0 Å². The number of nitrogens with two attached hydrogens (primary N) is 1. The molecule has 6 heteroatoms. The number of amides is 1. The Morgan fingerprint density at radius 2 is 2.21 bits per heavy atom. The molecule has 19 heavy (non-hydrogen) atoms. The van der Waals surface area contributed by atoms with Crippen LogP contribution in [-0.4, -0.2) is 16.0 Å². The van der Waals surface area contributed by atoms with Gasteiger partial charge in [0.1, 0.15) is 6.26 Å². The summed E-state index contributed by atoms with van der Waals surface area (Å²) < 4.78 is 4.99. The lowest BCUT2D eigenvalue weighted by Crippen LogP contribution is -2.23. The summed E-state index contributed by atoms with van der Waals surface area (Å²) in [5.41, 5.74) is 7.27. The highest BCUT2D eigenvalue weighted by Gasteiger charge is 2.10. The Balaban J connectivity index is 1.96. The maximum Gasteiger partial charge on any atom is 0.273 e. The van der Waals surface area contributed by atoms with Crippen LogP contribution >= 0.6 is 0 Å². The fraction of sp³-hybridized carbons (Fsp3) is 0.231. The molecule has 0 radical (unpaired) electrons. The summed E-state index contributed by atoms with van der Waals surface area (Å²) in [5, 5.41) is 11.7. The molecule has 6 nitrogen and oxygen atoms in total. The normalized spacial score (nSPS) is 10.4. The van der Waals surface area contributed by atoms with Crippen LogP contribution in [0.4, 0.5) is 0 Å². The lowest BCUT2D eigenvalue weighted by molar-refractivity contribution is 0.0946. The van der Waals surface area contributed by atoms with E-state index in [9.17, 15) is 4.79 Å². The average molecular weight is 261 g/mol. The highest BCUT2D eigenvalue weighted by atomic mass is 16.3. The lowest BCUT2D eigenvalue weighted by Gasteiger charge is -2.04. The molecule has 0 aliphatic heterocycles. The molecule has 100 valence electrons. The van der Waals surface area contributed by atoms with E-state index in [2.05, 4.69) is 10.3 Å². The first-order valence-electron chi connectivity index (χ1n) is 5.84. The summed E-state index contributed by atoms with van der Waals surface area (Å²) in [6.45, 7) is 0.494. The summed E-state index contributed by atoms with van der Waals surface area (Å²) >= 11 is 0. The van der Waals surface area contributed by atoms with Crippen LogP contribution in [0, 0.1) is 0 Å². The number of benzene rings is 1. The van der Waals surface area contributed by atoms with Gasteiger partial charge in [-0.3, -0.25) is 4.79 Å². The Labute approximate surface area is 110 Å². The zero-order chi connectivity index (χ0) is 13.7. The van der Waals surface area contributed by atoms with Crippen molar-refractivity contribution < 1.29 is 14.3 Å². The summed E-state index contributed by atoms with van der Waals surface area (Å²) in [6.07, 6.45) is 1.28. The fourth-order valence-corrected chi connectivity index (χ4v) is 1.62. The smallest absolute Gasteiger partial charge is 0.273 e. The molecule has 1 heterocycles. The number of hydrogen-bond donors (Lipinski definition) is 3. The predicted molar refractivity (Wildman–Crippen MR) is 67.9 cm³/mol. The van der Waals surface area contributed by atoms with Crippen LogP contribution in [0.25, 0.3) is 0 Å². The van der Waals surface area contributed by atoms with E-state index in [0.717, 1.165) is 11.1 Å². The van der Waals surface area contributed by atoms with E-state index in [1.807, 2.05) is 24.3 Å². The van der Waals surface area contributed by atoms with Crippen LogP contribution in [-0.2, 0) is 19.7 Å². The second-order valence-electron chi connectivity index (χ2n) is 3.99. The van der Waals surface area contributed by atoms with Crippen LogP contribution < -0.4 is 11.1 Å². The Hall–Kier alpha value is -2.18. The zero-order valence-corrected chi connectivity index (χ0v) is 10.3. The minimum Gasteiger partial charge on any atom is -0.447 e. The van der Waals surface area contributed by atoms with Crippen molar-refractivity contribution in [2.45, 2.75) is 19.7 Å². The predicted octanol–water partition coefficient (Wildman–Crippen LogP) is 0.556. The van der Waals surface area contributed by atoms with E-state index in [0.29, 0.717) is 12.4 Å². The van der Waals surface area contributed by atoms with Gasteiger partial charge < -0.3 is 20.6 Å². The van der Waals surface area contributed by atoms with E-state index in [1.54, 1.807) is 0 Å². The zero-order valence-electron chi connectivity index (χ0n) is 10.3. The van der Waals surface area contributed by atoms with Crippen LogP contribution in [0.3, 0.4) is 0 Å². The van der Waals surface area contributed by atoms with Crippen LogP contribution in [0.1, 0.15) is 27.5 Å². The maximum absolute atomic E-state index is 11.8. The molecular formula is C13H15N3O3. The van der Waals surface area contributed by atoms with E-state index in [4.69, 9.17) is 15.3 Å². The molecule has 1 aromatic carbocycles. The molecule has 2 aromatic rings. The number of aliphatic hydroxyl groups is 1. The van der Waals surface area contributed by atoms with Gasteiger partial charge in [-0.25, -0.2) is 4.98 Å². The Kier molecular flexibility index (Phi) is 4.27. The third kappa shape index (κ3) is 3.40. The van der Waals surface area contributed by atoms with Gasteiger partial charge in [0.15, 0.2) is 5.69 Å². The molecule has 0 aliphatic rings. The molecule has 0 spiro atoms. The highest BCUT2D eigenvalue weighted by Crippen LogP contribution is 2.06. The van der Waals surface area contributed by atoms with Gasteiger partial charge in [-0.1, -0.05) is 24.3 Å². The molecule has 0 bridgehead atoms. The maximum atomic E-state index is 11.8. The molecule has 0 aliphatic carbocycles. The number of nitrogens with one attached hydrogen (secondary N) is 1. The molecule has 2 rings (SSSR count). The van der Waals surface area contributed by atoms with Crippen molar-refractivity contribution in [1.29, 1.82) is 0 Å². The topological polar surface area (TPSA) is 101 Å². The molecule has 4 N–H and O–H groups in total. The van der Waals surface area contributed by atoms with Crippen molar-refractivity contribution in [2.75, 3.05) is 0 Å². The first kappa shape index (κ1) is 13.3. The minimum absolute atomic E-state index is 0.0229. The number of aromatic nitrogens is 1. The van der Waals surface area contributed by atoms with Crippen LogP contribution in [0.15, 0.2) is 34.9 Å². The molecule has 0 saturated heterocycles. The molecule has 0 fully saturated rings. The molecule has 1 aromatic heterocycles. The molecule has 0 atom stereocenters. The third-order valence-corrected chi connectivity index (χ3v) is 2.59. The average Bonchev–Trinajstić information content (AvgIpc) is 2.94. The van der Waals surface area contributed by atoms with Crippen molar-refractivity contribution >= 4 is 5.91 Å². The van der Waals surface area contributed by atoms with Crippen molar-refractivity contribution in [1.82, 2.24) is 10.3 Å². The third-order valence-electron chi connectivity index (χ3n) is 2.59. The van der Waals surface area contributed by atoms with Crippen LogP contribution in [0.2, 0.25) is 0 Å². The standard InChI is InChI=1S/C13H15N3O3/c14-5-12-16-11(8-19-12)13(18)15-6-9-2-1-3-10(4-9)7-17/h1-4,8,17H,5-7,14H2,(H,15,18). The fourth-order valence-electron chi connectivity index (χ4n) is 1.62. The van der Waals surface area contributed by atoms with E-state index in [1.165, 1.54) is 6.26 Å². The summed E-state index contributed by atoms with van der Waals surface area (Å²) in [4.78, 5) is 15.7. The highest BCUT2D eigenvalue weighted by molar-refractivity contribution is 5.91. The number of aliphatic hydroxyl groups excluding tert-OH is 1. The first-order chi connectivity index (χ1) is 9.22. The number of rotatable bonds is 5. The molecular weight excluding hydrogens is 246 g/mol.